The van der Waals surface area contributed by atoms with Crippen molar-refractivity contribution < 1.29 is 19.4 Å². The number of hydrogen-bond acceptors (Lipinski definition) is 6. The van der Waals surface area contributed by atoms with E-state index < -0.39 is 12.1 Å². The van der Waals surface area contributed by atoms with Gasteiger partial charge in [-0.3, -0.25) is 4.79 Å². The van der Waals surface area contributed by atoms with E-state index in [4.69, 9.17) is 4.74 Å². The fourth-order valence-electron chi connectivity index (χ4n) is 1.02. The number of aliphatic hydroxyl groups excluding tert-OH is 1. The summed E-state index contributed by atoms with van der Waals surface area (Å²) in [6, 6.07) is 0. The van der Waals surface area contributed by atoms with Crippen LogP contribution < -0.4 is 0 Å². The van der Waals surface area contributed by atoms with E-state index in [0.29, 0.717) is 6.61 Å². The summed E-state index contributed by atoms with van der Waals surface area (Å²) in [5.74, 6) is -0.401. The maximum absolute atomic E-state index is 10.5. The average Bonchev–Trinajstić information content (AvgIpc) is 2.74. The molecule has 1 aromatic rings. The number of thiazole rings is 1. The number of nitrogens with zero attached hydrogens (tertiary/aromatic N) is 1. The quantitative estimate of drug-likeness (QED) is 0.563. The van der Waals surface area contributed by atoms with Gasteiger partial charge in [-0.2, -0.15) is 0 Å². The molecular weight excluding hydrogens is 230 g/mol. The van der Waals surface area contributed by atoms with Gasteiger partial charge >= 0.3 is 5.97 Å². The molecule has 0 unspecified atom stereocenters. The Bertz CT molecular complexity index is 302. The van der Waals surface area contributed by atoms with Crippen molar-refractivity contribution in [1.29, 1.82) is 0 Å². The van der Waals surface area contributed by atoms with Crippen LogP contribution in [0.4, 0.5) is 0 Å². The Labute approximate surface area is 98.0 Å². The van der Waals surface area contributed by atoms with Crippen LogP contribution in [-0.2, 0) is 20.7 Å². The lowest BCUT2D eigenvalue weighted by Gasteiger charge is -2.10. The van der Waals surface area contributed by atoms with Gasteiger partial charge in [0.25, 0.3) is 0 Å². The van der Waals surface area contributed by atoms with Gasteiger partial charge in [0.15, 0.2) is 0 Å². The molecule has 0 aromatic carbocycles. The highest BCUT2D eigenvalue weighted by atomic mass is 32.1. The van der Waals surface area contributed by atoms with Gasteiger partial charge < -0.3 is 14.6 Å². The SMILES string of the molecule is CC(=O)OC[C@H](O)COCCc1cscn1. The van der Waals surface area contributed by atoms with E-state index in [9.17, 15) is 9.90 Å². The van der Waals surface area contributed by atoms with Crippen molar-refractivity contribution in [3.63, 3.8) is 0 Å². The molecule has 0 aliphatic carbocycles. The van der Waals surface area contributed by atoms with E-state index >= 15 is 0 Å². The molecule has 5 nitrogen and oxygen atoms in total. The third kappa shape index (κ3) is 5.79. The first-order valence-corrected chi connectivity index (χ1v) is 5.89. The van der Waals surface area contributed by atoms with E-state index in [1.807, 2.05) is 5.38 Å². The lowest BCUT2D eigenvalue weighted by molar-refractivity contribution is -0.145. The molecule has 1 atom stereocenters. The van der Waals surface area contributed by atoms with Gasteiger partial charge in [0.05, 0.1) is 24.4 Å². The second kappa shape index (κ2) is 7.32. The molecule has 0 bridgehead atoms. The van der Waals surface area contributed by atoms with Crippen molar-refractivity contribution >= 4 is 17.3 Å². The summed E-state index contributed by atoms with van der Waals surface area (Å²) < 4.78 is 9.85. The summed E-state index contributed by atoms with van der Waals surface area (Å²) in [5, 5.41) is 11.3. The fourth-order valence-corrected chi connectivity index (χ4v) is 1.61. The van der Waals surface area contributed by atoms with Crippen LogP contribution in [0.25, 0.3) is 0 Å². The van der Waals surface area contributed by atoms with Crippen LogP contribution in [0.15, 0.2) is 10.9 Å². The molecular formula is C10H15NO4S. The Kier molecular flexibility index (Phi) is 5.99. The number of carbonyl (C=O) groups excluding carboxylic acids is 1. The number of esters is 1. The molecule has 90 valence electrons. The van der Waals surface area contributed by atoms with E-state index in [2.05, 4.69) is 9.72 Å². The summed E-state index contributed by atoms with van der Waals surface area (Å²) in [6.07, 6.45) is -0.0385. The molecule has 0 fully saturated rings. The van der Waals surface area contributed by atoms with Gasteiger partial charge in [-0.05, 0) is 0 Å². The van der Waals surface area contributed by atoms with E-state index in [0.717, 1.165) is 12.1 Å². The van der Waals surface area contributed by atoms with Crippen LogP contribution in [0.5, 0.6) is 0 Å². The third-order valence-electron chi connectivity index (χ3n) is 1.78. The predicted octanol–water partition coefficient (Wildman–Crippen LogP) is 0.626. The van der Waals surface area contributed by atoms with Gasteiger partial charge in [-0.25, -0.2) is 4.98 Å². The topological polar surface area (TPSA) is 68.7 Å². The molecule has 16 heavy (non-hydrogen) atoms. The lowest BCUT2D eigenvalue weighted by atomic mass is 10.3. The molecule has 1 N–H and O–H groups in total. The average molecular weight is 245 g/mol. The molecule has 1 rings (SSSR count). The van der Waals surface area contributed by atoms with Crippen LogP contribution in [0, 0.1) is 0 Å². The second-order valence-electron chi connectivity index (χ2n) is 3.26. The Morgan fingerprint density at radius 2 is 2.44 bits per heavy atom. The van der Waals surface area contributed by atoms with Gasteiger partial charge in [-0.15, -0.1) is 11.3 Å². The van der Waals surface area contributed by atoms with E-state index in [1.165, 1.54) is 6.92 Å². The number of carbonyl (C=O) groups is 1. The van der Waals surface area contributed by atoms with Gasteiger partial charge in [0.2, 0.25) is 0 Å². The van der Waals surface area contributed by atoms with Crippen molar-refractivity contribution in [2.24, 2.45) is 0 Å². The summed E-state index contributed by atoms with van der Waals surface area (Å²) in [4.78, 5) is 14.6. The maximum Gasteiger partial charge on any atom is 0.302 e. The zero-order valence-electron chi connectivity index (χ0n) is 9.09. The highest BCUT2D eigenvalue weighted by Crippen LogP contribution is 2.01. The zero-order valence-corrected chi connectivity index (χ0v) is 9.90. The van der Waals surface area contributed by atoms with Crippen molar-refractivity contribution in [3.05, 3.63) is 16.6 Å². The van der Waals surface area contributed by atoms with Crippen LogP contribution in [0.2, 0.25) is 0 Å². The first-order valence-electron chi connectivity index (χ1n) is 4.94. The lowest BCUT2D eigenvalue weighted by Crippen LogP contribution is -2.23. The number of ether oxygens (including phenoxy) is 2. The molecule has 0 aliphatic heterocycles. The number of hydrogen-bond donors (Lipinski definition) is 1. The van der Waals surface area contributed by atoms with Gasteiger partial charge in [-0.1, -0.05) is 0 Å². The number of aromatic nitrogens is 1. The van der Waals surface area contributed by atoms with Crippen molar-refractivity contribution in [2.75, 3.05) is 19.8 Å². The van der Waals surface area contributed by atoms with Crippen LogP contribution in [-0.4, -0.2) is 42.0 Å². The predicted molar refractivity (Wildman–Crippen MR) is 59.3 cm³/mol. The molecule has 0 amide bonds. The fraction of sp³-hybridized carbons (Fsp3) is 0.600. The Hall–Kier alpha value is -0.980. The second-order valence-corrected chi connectivity index (χ2v) is 3.98. The highest BCUT2D eigenvalue weighted by molar-refractivity contribution is 7.07. The van der Waals surface area contributed by atoms with Crippen molar-refractivity contribution in [2.45, 2.75) is 19.4 Å². The van der Waals surface area contributed by atoms with Crippen molar-refractivity contribution in [1.82, 2.24) is 4.98 Å². The molecule has 0 radical (unpaired) electrons. The summed E-state index contributed by atoms with van der Waals surface area (Å²) in [7, 11) is 0. The normalized spacial score (nSPS) is 12.4. The van der Waals surface area contributed by atoms with Gasteiger partial charge in [0, 0.05) is 18.7 Å². The first kappa shape index (κ1) is 13.1. The Morgan fingerprint density at radius 1 is 1.62 bits per heavy atom. The summed E-state index contributed by atoms with van der Waals surface area (Å²) in [6.45, 7) is 1.94. The summed E-state index contributed by atoms with van der Waals surface area (Å²) in [5.41, 5.74) is 2.75. The monoisotopic (exact) mass is 245 g/mol. The molecule has 1 heterocycles. The molecule has 0 spiro atoms. The van der Waals surface area contributed by atoms with Crippen LogP contribution in [0.3, 0.4) is 0 Å². The van der Waals surface area contributed by atoms with Gasteiger partial charge in [0.1, 0.15) is 12.7 Å². The Balaban J connectivity index is 2.00. The minimum atomic E-state index is -0.765. The first-order chi connectivity index (χ1) is 7.68. The molecule has 0 saturated carbocycles. The molecule has 0 aliphatic rings. The van der Waals surface area contributed by atoms with Crippen molar-refractivity contribution in [3.8, 4) is 0 Å². The van der Waals surface area contributed by atoms with Crippen LogP contribution >= 0.6 is 11.3 Å². The zero-order chi connectivity index (χ0) is 11.8. The largest absolute Gasteiger partial charge is 0.463 e. The van der Waals surface area contributed by atoms with E-state index in [-0.39, 0.29) is 13.2 Å². The Morgan fingerprint density at radius 3 is 3.06 bits per heavy atom. The molecule has 1 aromatic heterocycles. The minimum absolute atomic E-state index is 0.0218. The summed E-state index contributed by atoms with van der Waals surface area (Å²) >= 11 is 1.54. The minimum Gasteiger partial charge on any atom is -0.463 e. The number of aliphatic hydroxyl groups is 1. The number of rotatable bonds is 7. The standard InChI is InChI=1S/C10H15NO4S/c1-8(12)15-5-10(13)4-14-3-2-9-6-16-7-11-9/h6-7,10,13H,2-5H2,1H3/t10-/m1/s1. The van der Waals surface area contributed by atoms with E-state index in [1.54, 1.807) is 16.8 Å². The molecule has 6 heteroatoms. The highest BCUT2D eigenvalue weighted by Gasteiger charge is 2.06. The van der Waals surface area contributed by atoms with Crippen LogP contribution in [0.1, 0.15) is 12.6 Å². The smallest absolute Gasteiger partial charge is 0.302 e. The third-order valence-corrected chi connectivity index (χ3v) is 2.41. The molecule has 0 saturated heterocycles. The maximum atomic E-state index is 10.5.